The van der Waals surface area contributed by atoms with Crippen molar-refractivity contribution in [2.75, 3.05) is 38.1 Å². The molecule has 8 nitrogen and oxygen atoms in total. The predicted molar refractivity (Wildman–Crippen MR) is 119 cm³/mol. The molecule has 0 bridgehead atoms. The number of hydrogen-bond acceptors (Lipinski definition) is 5. The summed E-state index contributed by atoms with van der Waals surface area (Å²) in [6.45, 7) is 5.16. The Balaban J connectivity index is 0.00000364. The molecule has 1 aliphatic heterocycles. The number of carbonyl (C=O) groups is 1. The van der Waals surface area contributed by atoms with Gasteiger partial charge in [-0.2, -0.15) is 0 Å². The molecular formula is C18H31IN6O2. The first-order valence-electron chi connectivity index (χ1n) is 9.32. The summed E-state index contributed by atoms with van der Waals surface area (Å²) in [5.74, 6) is 1.38. The number of piperidine rings is 1. The van der Waals surface area contributed by atoms with Gasteiger partial charge in [-0.05, 0) is 44.7 Å². The Bertz CT molecular complexity index is 564. The number of aromatic nitrogens is 1. The molecule has 1 aliphatic rings. The number of aliphatic imine (C=N–C) groups is 1. The minimum atomic E-state index is -0.230. The van der Waals surface area contributed by atoms with E-state index in [2.05, 4.69) is 20.6 Å². The van der Waals surface area contributed by atoms with Crippen LogP contribution in [0.25, 0.3) is 0 Å². The van der Waals surface area contributed by atoms with Gasteiger partial charge in [0.15, 0.2) is 5.96 Å². The van der Waals surface area contributed by atoms with Crippen molar-refractivity contribution in [1.29, 1.82) is 0 Å². The Hall–Kier alpha value is -1.78. The largest absolute Gasteiger partial charge is 0.450 e. The number of unbranched alkanes of at least 4 members (excludes halogenated alkanes) is 1. The highest BCUT2D eigenvalue weighted by Crippen LogP contribution is 2.11. The second-order valence-electron chi connectivity index (χ2n) is 6.22. The van der Waals surface area contributed by atoms with Crippen molar-refractivity contribution in [2.45, 2.75) is 38.6 Å². The number of ether oxygens (including phenoxy) is 1. The number of guanidine groups is 1. The molecule has 1 aromatic rings. The Morgan fingerprint density at radius 3 is 2.81 bits per heavy atom. The van der Waals surface area contributed by atoms with Gasteiger partial charge in [-0.15, -0.1) is 24.0 Å². The molecule has 9 heteroatoms. The van der Waals surface area contributed by atoms with Crippen LogP contribution >= 0.6 is 24.0 Å². The summed E-state index contributed by atoms with van der Waals surface area (Å²) in [5, 5.41) is 6.52. The summed E-state index contributed by atoms with van der Waals surface area (Å²) < 4.78 is 5.02. The average molecular weight is 490 g/mol. The van der Waals surface area contributed by atoms with Gasteiger partial charge in [0, 0.05) is 38.4 Å². The third kappa shape index (κ3) is 9.12. The van der Waals surface area contributed by atoms with Crippen LogP contribution in [0.4, 0.5) is 10.6 Å². The lowest BCUT2D eigenvalue weighted by Crippen LogP contribution is -2.48. The van der Waals surface area contributed by atoms with Gasteiger partial charge in [-0.1, -0.05) is 6.07 Å². The van der Waals surface area contributed by atoms with E-state index in [0.29, 0.717) is 32.2 Å². The number of nitrogens with two attached hydrogens (primary N) is 1. The van der Waals surface area contributed by atoms with Crippen molar-refractivity contribution in [3.63, 3.8) is 0 Å². The summed E-state index contributed by atoms with van der Waals surface area (Å²) in [7, 11) is 0. The molecule has 1 aromatic heterocycles. The monoisotopic (exact) mass is 490 g/mol. The standard InChI is InChI=1S/C18H30N6O2.HI/c1-2-26-18(25)24-13-8-15(9-14-24)23-17(19)22-12-6-5-11-21-16-7-3-4-10-20-16;/h3-4,7,10,15H,2,5-6,8-9,11-14H2,1H3,(H,20,21)(H3,19,22,23);1H. The summed E-state index contributed by atoms with van der Waals surface area (Å²) in [5.41, 5.74) is 5.96. The lowest BCUT2D eigenvalue weighted by molar-refractivity contribution is 0.0963. The van der Waals surface area contributed by atoms with Gasteiger partial charge in [-0.3, -0.25) is 4.99 Å². The smallest absolute Gasteiger partial charge is 0.409 e. The molecule has 1 saturated heterocycles. The highest BCUT2D eigenvalue weighted by Gasteiger charge is 2.23. The topological polar surface area (TPSA) is 105 Å². The van der Waals surface area contributed by atoms with Crippen LogP contribution in [-0.4, -0.2) is 60.8 Å². The number of halogens is 1. The molecular weight excluding hydrogens is 459 g/mol. The lowest BCUT2D eigenvalue weighted by atomic mass is 10.1. The van der Waals surface area contributed by atoms with Crippen molar-refractivity contribution in [1.82, 2.24) is 15.2 Å². The van der Waals surface area contributed by atoms with Crippen molar-refractivity contribution < 1.29 is 9.53 Å². The number of nitrogens with one attached hydrogen (secondary N) is 2. The summed E-state index contributed by atoms with van der Waals surface area (Å²) >= 11 is 0. The van der Waals surface area contributed by atoms with E-state index in [-0.39, 0.29) is 36.1 Å². The number of pyridine rings is 1. The van der Waals surface area contributed by atoms with E-state index in [1.807, 2.05) is 25.1 Å². The second-order valence-corrected chi connectivity index (χ2v) is 6.22. The number of nitrogens with zero attached hydrogens (tertiary/aromatic N) is 3. The maximum absolute atomic E-state index is 11.7. The van der Waals surface area contributed by atoms with Crippen LogP contribution < -0.4 is 16.4 Å². The maximum atomic E-state index is 11.7. The average Bonchev–Trinajstić information content (AvgIpc) is 2.66. The van der Waals surface area contributed by atoms with Gasteiger partial charge in [0.05, 0.1) is 6.61 Å². The number of anilines is 1. The first-order chi connectivity index (χ1) is 12.7. The lowest BCUT2D eigenvalue weighted by Gasteiger charge is -2.31. The summed E-state index contributed by atoms with van der Waals surface area (Å²) in [6, 6.07) is 6.07. The molecule has 0 saturated carbocycles. The molecule has 27 heavy (non-hydrogen) atoms. The van der Waals surface area contributed by atoms with Gasteiger partial charge >= 0.3 is 6.09 Å². The normalized spacial score (nSPS) is 15.0. The van der Waals surface area contributed by atoms with Crippen LogP contribution in [0.1, 0.15) is 32.6 Å². The first-order valence-corrected chi connectivity index (χ1v) is 9.32. The fraction of sp³-hybridized carbons (Fsp3) is 0.611. The zero-order valence-electron chi connectivity index (χ0n) is 15.9. The van der Waals surface area contributed by atoms with Gasteiger partial charge in [0.25, 0.3) is 0 Å². The molecule has 4 N–H and O–H groups in total. The highest BCUT2D eigenvalue weighted by atomic mass is 127. The summed E-state index contributed by atoms with van der Waals surface area (Å²) in [6.07, 6.45) is 5.21. The van der Waals surface area contributed by atoms with Crippen LogP contribution in [-0.2, 0) is 4.74 Å². The van der Waals surface area contributed by atoms with Gasteiger partial charge in [0.2, 0.25) is 0 Å². The molecule has 2 heterocycles. The van der Waals surface area contributed by atoms with Crippen LogP contribution in [0.15, 0.2) is 29.4 Å². The Morgan fingerprint density at radius 1 is 1.37 bits per heavy atom. The molecule has 1 fully saturated rings. The molecule has 0 aromatic carbocycles. The molecule has 0 aliphatic carbocycles. The number of carbonyl (C=O) groups excluding carboxylic acids is 1. The number of hydrogen-bond donors (Lipinski definition) is 3. The van der Waals surface area contributed by atoms with Crippen molar-refractivity contribution in [2.24, 2.45) is 10.7 Å². The molecule has 1 amide bonds. The van der Waals surface area contributed by atoms with Gasteiger partial charge in [-0.25, -0.2) is 9.78 Å². The van der Waals surface area contributed by atoms with E-state index < -0.39 is 0 Å². The van der Waals surface area contributed by atoms with E-state index in [9.17, 15) is 4.79 Å². The first kappa shape index (κ1) is 23.3. The van der Waals surface area contributed by atoms with Crippen LogP contribution in [0.3, 0.4) is 0 Å². The number of rotatable bonds is 8. The van der Waals surface area contributed by atoms with Crippen molar-refractivity contribution in [3.05, 3.63) is 24.4 Å². The summed E-state index contributed by atoms with van der Waals surface area (Å²) in [4.78, 5) is 22.0. The maximum Gasteiger partial charge on any atom is 0.409 e. The quantitative estimate of drug-likeness (QED) is 0.224. The SMILES string of the molecule is CCOC(=O)N1CCC(NC(N)=NCCCCNc2ccccn2)CC1.I. The highest BCUT2D eigenvalue weighted by molar-refractivity contribution is 14.0. The molecule has 152 valence electrons. The molecule has 2 rings (SSSR count). The zero-order valence-corrected chi connectivity index (χ0v) is 18.2. The van der Waals surface area contributed by atoms with E-state index >= 15 is 0 Å². The second kappa shape index (κ2) is 13.4. The van der Waals surface area contributed by atoms with Gasteiger partial charge in [0.1, 0.15) is 5.82 Å². The van der Waals surface area contributed by atoms with E-state index in [0.717, 1.165) is 38.0 Å². The Kier molecular flexibility index (Phi) is 11.5. The molecule has 0 spiro atoms. The minimum absolute atomic E-state index is 0. The third-order valence-electron chi connectivity index (χ3n) is 4.21. The van der Waals surface area contributed by atoms with Crippen LogP contribution in [0.5, 0.6) is 0 Å². The predicted octanol–water partition coefficient (Wildman–Crippen LogP) is 2.42. The Labute approximate surface area is 178 Å². The van der Waals surface area contributed by atoms with Crippen LogP contribution in [0.2, 0.25) is 0 Å². The zero-order chi connectivity index (χ0) is 18.6. The minimum Gasteiger partial charge on any atom is -0.450 e. The number of amides is 1. The fourth-order valence-electron chi connectivity index (χ4n) is 2.80. The van der Waals surface area contributed by atoms with E-state index in [1.54, 1.807) is 11.1 Å². The van der Waals surface area contributed by atoms with E-state index in [4.69, 9.17) is 10.5 Å². The van der Waals surface area contributed by atoms with Crippen molar-refractivity contribution >= 4 is 41.8 Å². The van der Waals surface area contributed by atoms with Crippen molar-refractivity contribution in [3.8, 4) is 0 Å². The molecule has 0 unspecified atom stereocenters. The Morgan fingerprint density at radius 2 is 2.15 bits per heavy atom. The van der Waals surface area contributed by atoms with Crippen LogP contribution in [0, 0.1) is 0 Å². The third-order valence-corrected chi connectivity index (χ3v) is 4.21. The van der Waals surface area contributed by atoms with E-state index in [1.165, 1.54) is 0 Å². The molecule has 0 radical (unpaired) electrons. The fourth-order valence-corrected chi connectivity index (χ4v) is 2.80. The number of likely N-dealkylation sites (tertiary alicyclic amines) is 1. The molecule has 0 atom stereocenters. The van der Waals surface area contributed by atoms with Gasteiger partial charge < -0.3 is 26.0 Å².